The highest BCUT2D eigenvalue weighted by Gasteiger charge is 2.20. The topological polar surface area (TPSA) is 89.2 Å². The summed E-state index contributed by atoms with van der Waals surface area (Å²) in [4.78, 5) is 21.9. The first-order valence-electron chi connectivity index (χ1n) is 6.31. The maximum absolute atomic E-state index is 11.7. The van der Waals surface area contributed by atoms with Crippen molar-refractivity contribution in [1.29, 1.82) is 0 Å². The number of aromatic nitrogens is 1. The summed E-state index contributed by atoms with van der Waals surface area (Å²) in [6.07, 6.45) is 3.47. The standard InChI is InChI=1S/C14H10N4O3S/c19-13-12(15-14(22)16-13)8-11-2-1-7-17(11)9-3-5-10(6-4-9)18(20)21/h1-8H,(H2,15,16,19,22)/b12-8-. The summed E-state index contributed by atoms with van der Waals surface area (Å²) in [7, 11) is 0. The fraction of sp³-hybridized carbons (Fsp3) is 0. The number of benzene rings is 1. The second-order valence-electron chi connectivity index (χ2n) is 4.54. The van der Waals surface area contributed by atoms with Gasteiger partial charge < -0.3 is 9.88 Å². The van der Waals surface area contributed by atoms with E-state index in [1.165, 1.54) is 12.1 Å². The van der Waals surface area contributed by atoms with Gasteiger partial charge in [-0.05, 0) is 42.6 Å². The Labute approximate surface area is 130 Å². The maximum Gasteiger partial charge on any atom is 0.273 e. The van der Waals surface area contributed by atoms with Gasteiger partial charge in [-0.25, -0.2) is 0 Å². The second-order valence-corrected chi connectivity index (χ2v) is 4.95. The van der Waals surface area contributed by atoms with Crippen LogP contribution in [0, 0.1) is 10.1 Å². The lowest BCUT2D eigenvalue weighted by Crippen LogP contribution is -2.21. The number of nitro groups is 1. The van der Waals surface area contributed by atoms with Gasteiger partial charge in [0.2, 0.25) is 0 Å². The minimum Gasteiger partial charge on any atom is -0.328 e. The first-order valence-corrected chi connectivity index (χ1v) is 6.71. The molecule has 1 aromatic heterocycles. The predicted molar refractivity (Wildman–Crippen MR) is 84.3 cm³/mol. The summed E-state index contributed by atoms with van der Waals surface area (Å²) < 4.78 is 1.81. The van der Waals surface area contributed by atoms with Crippen molar-refractivity contribution in [2.45, 2.75) is 0 Å². The van der Waals surface area contributed by atoms with Crippen molar-refractivity contribution in [3.8, 4) is 5.69 Å². The maximum atomic E-state index is 11.7. The van der Waals surface area contributed by atoms with Crippen LogP contribution in [0.5, 0.6) is 0 Å². The van der Waals surface area contributed by atoms with Crippen LogP contribution in [0.1, 0.15) is 5.69 Å². The molecule has 22 heavy (non-hydrogen) atoms. The highest BCUT2D eigenvalue weighted by molar-refractivity contribution is 7.80. The van der Waals surface area contributed by atoms with E-state index in [4.69, 9.17) is 12.2 Å². The molecule has 2 heterocycles. The monoisotopic (exact) mass is 314 g/mol. The van der Waals surface area contributed by atoms with E-state index in [2.05, 4.69) is 10.6 Å². The van der Waals surface area contributed by atoms with E-state index in [9.17, 15) is 14.9 Å². The number of hydrogen-bond donors (Lipinski definition) is 2. The molecular formula is C14H10N4O3S. The Morgan fingerprint density at radius 2 is 1.91 bits per heavy atom. The van der Waals surface area contributed by atoms with E-state index in [0.29, 0.717) is 5.70 Å². The lowest BCUT2D eigenvalue weighted by molar-refractivity contribution is -0.384. The third-order valence-electron chi connectivity index (χ3n) is 3.13. The largest absolute Gasteiger partial charge is 0.328 e. The molecule has 7 nitrogen and oxygen atoms in total. The molecule has 0 unspecified atom stereocenters. The minimum atomic E-state index is -0.448. The van der Waals surface area contributed by atoms with E-state index < -0.39 is 4.92 Å². The van der Waals surface area contributed by atoms with Gasteiger partial charge in [-0.2, -0.15) is 0 Å². The van der Waals surface area contributed by atoms with Gasteiger partial charge >= 0.3 is 0 Å². The van der Waals surface area contributed by atoms with Crippen molar-refractivity contribution in [3.05, 3.63) is 64.1 Å². The molecule has 1 fully saturated rings. The first-order chi connectivity index (χ1) is 10.5. The number of nitrogens with zero attached hydrogens (tertiary/aromatic N) is 2. The average molecular weight is 314 g/mol. The third kappa shape index (κ3) is 2.59. The summed E-state index contributed by atoms with van der Waals surface area (Å²) in [5.41, 5.74) is 1.88. The lowest BCUT2D eigenvalue weighted by atomic mass is 10.2. The van der Waals surface area contributed by atoms with Crippen LogP contribution in [0.25, 0.3) is 11.8 Å². The molecule has 0 bridgehead atoms. The normalized spacial score (nSPS) is 15.7. The zero-order chi connectivity index (χ0) is 15.7. The molecule has 0 radical (unpaired) electrons. The molecule has 0 spiro atoms. The minimum absolute atomic E-state index is 0.0259. The average Bonchev–Trinajstić information content (AvgIpc) is 3.06. The molecule has 3 rings (SSSR count). The second kappa shape index (κ2) is 5.41. The van der Waals surface area contributed by atoms with Gasteiger partial charge in [0, 0.05) is 29.7 Å². The molecule has 1 amide bonds. The lowest BCUT2D eigenvalue weighted by Gasteiger charge is -2.06. The molecule has 110 valence electrons. The van der Waals surface area contributed by atoms with Gasteiger partial charge in [0.1, 0.15) is 5.70 Å². The molecule has 8 heteroatoms. The molecule has 0 atom stereocenters. The van der Waals surface area contributed by atoms with Crippen LogP contribution >= 0.6 is 12.2 Å². The summed E-state index contributed by atoms with van der Waals surface area (Å²) in [6, 6.07) is 9.80. The van der Waals surface area contributed by atoms with Gasteiger partial charge in [0.15, 0.2) is 5.11 Å². The molecule has 0 aliphatic carbocycles. The van der Waals surface area contributed by atoms with Gasteiger partial charge in [-0.15, -0.1) is 0 Å². The number of non-ortho nitro benzene ring substituents is 1. The fourth-order valence-corrected chi connectivity index (χ4v) is 2.31. The van der Waals surface area contributed by atoms with Crippen molar-refractivity contribution >= 4 is 35.0 Å². The SMILES string of the molecule is O=C1NC(=S)N/C1=C\c1cccn1-c1ccc([N+](=O)[O-])cc1. The Morgan fingerprint density at radius 3 is 2.50 bits per heavy atom. The van der Waals surface area contributed by atoms with Crippen molar-refractivity contribution in [2.75, 3.05) is 0 Å². The summed E-state index contributed by atoms with van der Waals surface area (Å²) in [5.74, 6) is -0.290. The number of carbonyl (C=O) groups excluding carboxylic acids is 1. The molecule has 2 N–H and O–H groups in total. The molecule has 1 aliphatic rings. The molecule has 2 aromatic rings. The van der Waals surface area contributed by atoms with Crippen molar-refractivity contribution in [2.24, 2.45) is 0 Å². The number of hydrogen-bond acceptors (Lipinski definition) is 4. The zero-order valence-electron chi connectivity index (χ0n) is 11.1. The highest BCUT2D eigenvalue weighted by Crippen LogP contribution is 2.19. The van der Waals surface area contributed by atoms with Crippen LogP contribution in [0.4, 0.5) is 5.69 Å². The Hall–Kier alpha value is -3.00. The van der Waals surface area contributed by atoms with Crippen LogP contribution in [0.3, 0.4) is 0 Å². The molecule has 1 aromatic carbocycles. The van der Waals surface area contributed by atoms with Crippen molar-refractivity contribution < 1.29 is 9.72 Å². The van der Waals surface area contributed by atoms with Gasteiger partial charge in [0.05, 0.1) is 4.92 Å². The quantitative estimate of drug-likeness (QED) is 0.390. The van der Waals surface area contributed by atoms with Crippen LogP contribution in [-0.2, 0) is 4.79 Å². The number of carbonyl (C=O) groups is 1. The van der Waals surface area contributed by atoms with E-state index in [-0.39, 0.29) is 16.7 Å². The van der Waals surface area contributed by atoms with E-state index in [1.807, 2.05) is 16.7 Å². The Morgan fingerprint density at radius 1 is 1.18 bits per heavy atom. The van der Waals surface area contributed by atoms with Crippen LogP contribution in [0.15, 0.2) is 48.3 Å². The van der Waals surface area contributed by atoms with E-state index >= 15 is 0 Å². The number of thiocarbonyl (C=S) groups is 1. The van der Waals surface area contributed by atoms with E-state index in [1.54, 1.807) is 24.4 Å². The number of nitrogens with one attached hydrogen (secondary N) is 2. The first kappa shape index (κ1) is 14.0. The van der Waals surface area contributed by atoms with Crippen LogP contribution in [0.2, 0.25) is 0 Å². The Bertz CT molecular complexity index is 808. The molecule has 1 aliphatic heterocycles. The van der Waals surface area contributed by atoms with Crippen LogP contribution < -0.4 is 10.6 Å². The summed E-state index contributed by atoms with van der Waals surface area (Å²) >= 11 is 4.88. The summed E-state index contributed by atoms with van der Waals surface area (Å²) in [6.45, 7) is 0. The van der Waals surface area contributed by atoms with Crippen molar-refractivity contribution in [3.63, 3.8) is 0 Å². The Kier molecular flexibility index (Phi) is 3.43. The highest BCUT2D eigenvalue weighted by atomic mass is 32.1. The molecular weight excluding hydrogens is 304 g/mol. The smallest absolute Gasteiger partial charge is 0.273 e. The fourth-order valence-electron chi connectivity index (χ4n) is 2.11. The zero-order valence-corrected chi connectivity index (χ0v) is 12.0. The van der Waals surface area contributed by atoms with Gasteiger partial charge in [-0.1, -0.05) is 0 Å². The third-order valence-corrected chi connectivity index (χ3v) is 3.34. The number of rotatable bonds is 3. The summed E-state index contributed by atoms with van der Waals surface area (Å²) in [5, 5.41) is 16.2. The molecule has 0 saturated carbocycles. The Balaban J connectivity index is 1.95. The van der Waals surface area contributed by atoms with Crippen molar-refractivity contribution in [1.82, 2.24) is 15.2 Å². The predicted octanol–water partition coefficient (Wildman–Crippen LogP) is 1.73. The van der Waals surface area contributed by atoms with Gasteiger partial charge in [0.25, 0.3) is 11.6 Å². The number of amides is 1. The van der Waals surface area contributed by atoms with E-state index in [0.717, 1.165) is 11.4 Å². The van der Waals surface area contributed by atoms with Crippen LogP contribution in [-0.4, -0.2) is 20.5 Å². The molecule has 1 saturated heterocycles. The number of nitro benzene ring substituents is 1. The van der Waals surface area contributed by atoms with Gasteiger partial charge in [-0.3, -0.25) is 20.2 Å².